The van der Waals surface area contributed by atoms with Gasteiger partial charge in [-0.2, -0.15) is 0 Å². The van der Waals surface area contributed by atoms with E-state index >= 15 is 0 Å². The molecule has 0 aromatic carbocycles. The predicted octanol–water partition coefficient (Wildman–Crippen LogP) is 2.21. The molecule has 3 saturated heterocycles. The van der Waals surface area contributed by atoms with E-state index in [4.69, 9.17) is 4.74 Å². The Morgan fingerprint density at radius 3 is 2.77 bits per heavy atom. The maximum Gasteiger partial charge on any atom is 0.310 e. The van der Waals surface area contributed by atoms with E-state index < -0.39 is 22.6 Å². The third kappa shape index (κ3) is 4.17. The number of halogens is 1. The van der Waals surface area contributed by atoms with E-state index in [1.165, 1.54) is 4.90 Å². The molecule has 3 heterocycles. The molecular formula is C22H33BrN2O5S. The van der Waals surface area contributed by atoms with Gasteiger partial charge in [0.2, 0.25) is 11.8 Å². The Morgan fingerprint density at radius 2 is 2.16 bits per heavy atom. The lowest BCUT2D eigenvalue weighted by Gasteiger charge is -2.37. The molecule has 3 rings (SSSR count). The summed E-state index contributed by atoms with van der Waals surface area (Å²) in [5, 5.41) is 9.55. The highest BCUT2D eigenvalue weighted by atomic mass is 79.9. The summed E-state index contributed by atoms with van der Waals surface area (Å²) in [5.74, 6) is -1.88. The molecule has 3 fully saturated rings. The van der Waals surface area contributed by atoms with Gasteiger partial charge < -0.3 is 19.6 Å². The molecule has 3 aliphatic heterocycles. The third-order valence-electron chi connectivity index (χ3n) is 6.62. The van der Waals surface area contributed by atoms with Gasteiger partial charge in [0, 0.05) is 29.7 Å². The summed E-state index contributed by atoms with van der Waals surface area (Å²) in [4.78, 5) is 43.5. The van der Waals surface area contributed by atoms with Crippen LogP contribution >= 0.6 is 27.7 Å². The van der Waals surface area contributed by atoms with Crippen LogP contribution in [0.15, 0.2) is 12.7 Å². The molecule has 31 heavy (non-hydrogen) atoms. The Morgan fingerprint density at radius 1 is 1.42 bits per heavy atom. The number of carbonyl (C=O) groups is 3. The SMILES string of the molecule is C=CCN(CCCCC)C(=O)C1N(CCO)C(=O)[C@@H]2[C@@H](C(=O)OCC)[C@@H]3SC12CC3Br. The molecule has 1 N–H and O–H groups in total. The first-order chi connectivity index (χ1) is 14.9. The van der Waals surface area contributed by atoms with E-state index in [9.17, 15) is 19.5 Å². The highest BCUT2D eigenvalue weighted by molar-refractivity contribution is 9.09. The van der Waals surface area contributed by atoms with E-state index in [0.29, 0.717) is 19.5 Å². The quantitative estimate of drug-likeness (QED) is 0.196. The first-order valence-corrected chi connectivity index (χ1v) is 13.0. The number of amides is 2. The van der Waals surface area contributed by atoms with Gasteiger partial charge in [-0.05, 0) is 19.8 Å². The predicted molar refractivity (Wildman–Crippen MR) is 124 cm³/mol. The van der Waals surface area contributed by atoms with Gasteiger partial charge in [-0.3, -0.25) is 14.4 Å². The largest absolute Gasteiger partial charge is 0.466 e. The number of hydrogen-bond donors (Lipinski definition) is 1. The maximum atomic E-state index is 13.9. The van der Waals surface area contributed by atoms with Crippen LogP contribution in [0, 0.1) is 11.8 Å². The fourth-order valence-electron chi connectivity index (χ4n) is 5.44. The first-order valence-electron chi connectivity index (χ1n) is 11.2. The second kappa shape index (κ2) is 10.3. The Balaban J connectivity index is 1.98. The second-order valence-electron chi connectivity index (χ2n) is 8.45. The molecule has 3 unspecified atom stereocenters. The van der Waals surface area contributed by atoms with E-state index in [0.717, 1.165) is 19.3 Å². The third-order valence-corrected chi connectivity index (χ3v) is 9.84. The molecule has 1 spiro atoms. The van der Waals surface area contributed by atoms with Crippen molar-refractivity contribution in [1.29, 1.82) is 0 Å². The number of hydrogen-bond acceptors (Lipinski definition) is 6. The molecule has 9 heteroatoms. The van der Waals surface area contributed by atoms with E-state index in [1.54, 1.807) is 29.7 Å². The van der Waals surface area contributed by atoms with Crippen molar-refractivity contribution < 1.29 is 24.2 Å². The molecule has 0 saturated carbocycles. The van der Waals surface area contributed by atoms with Crippen LogP contribution in [-0.4, -0.2) is 86.4 Å². The van der Waals surface area contributed by atoms with Gasteiger partial charge in [0.15, 0.2) is 0 Å². The smallest absolute Gasteiger partial charge is 0.310 e. The number of esters is 1. The van der Waals surface area contributed by atoms with E-state index in [-0.39, 0.29) is 47.6 Å². The number of fused-ring (bicyclic) bond motifs is 1. The molecule has 2 bridgehead atoms. The van der Waals surface area contributed by atoms with Crippen LogP contribution in [0.25, 0.3) is 0 Å². The number of nitrogens with zero attached hydrogens (tertiary/aromatic N) is 2. The van der Waals surface area contributed by atoms with Gasteiger partial charge in [-0.25, -0.2) is 0 Å². The molecule has 0 aromatic heterocycles. The number of aliphatic hydroxyl groups is 1. The van der Waals surface area contributed by atoms with E-state index in [1.807, 2.05) is 0 Å². The molecule has 3 aliphatic rings. The van der Waals surface area contributed by atoms with Gasteiger partial charge in [0.1, 0.15) is 6.04 Å². The van der Waals surface area contributed by atoms with Crippen molar-refractivity contribution in [3.05, 3.63) is 12.7 Å². The first kappa shape index (κ1) is 24.6. The Hall–Kier alpha value is -1.06. The van der Waals surface area contributed by atoms with Gasteiger partial charge in [0.25, 0.3) is 0 Å². The van der Waals surface area contributed by atoms with Gasteiger partial charge in [-0.1, -0.05) is 41.8 Å². The summed E-state index contributed by atoms with van der Waals surface area (Å²) in [6, 6.07) is -0.701. The zero-order valence-corrected chi connectivity index (χ0v) is 20.7. The minimum atomic E-state index is -0.701. The summed E-state index contributed by atoms with van der Waals surface area (Å²) < 4.78 is 4.63. The molecule has 174 valence electrons. The average Bonchev–Trinajstić information content (AvgIpc) is 3.32. The van der Waals surface area contributed by atoms with Crippen molar-refractivity contribution in [3.63, 3.8) is 0 Å². The Bertz CT molecular complexity index is 722. The normalized spacial score (nSPS) is 33.5. The summed E-state index contributed by atoms with van der Waals surface area (Å²) >= 11 is 5.30. The standard InChI is InChI=1S/C22H33BrN2O5S/c1-4-7-8-10-24(9-5-2)20(28)18-22-13-14(23)17(31-22)15(21(29)30-6-3)16(22)19(27)25(18)11-12-26/h5,14-18,26H,2,4,6-13H2,1,3H3/t14?,15-,16+,17-,18?,22?/m1/s1. The fourth-order valence-corrected chi connectivity index (χ4v) is 9.03. The molecule has 6 atom stereocenters. The summed E-state index contributed by atoms with van der Waals surface area (Å²) in [6.07, 6.45) is 5.29. The van der Waals surface area contributed by atoms with Crippen LogP contribution < -0.4 is 0 Å². The number of likely N-dealkylation sites (tertiary alicyclic amines) is 1. The minimum absolute atomic E-state index is 0.0216. The monoisotopic (exact) mass is 516 g/mol. The van der Waals surface area contributed by atoms with Crippen LogP contribution in [0.1, 0.15) is 39.5 Å². The molecule has 0 aliphatic carbocycles. The topological polar surface area (TPSA) is 87.2 Å². The Kier molecular flexibility index (Phi) is 8.13. The number of β-amino-alcohol motifs (C(OH)–C–C–N with tert-alkyl or cyclic N) is 1. The van der Waals surface area contributed by atoms with Crippen LogP contribution in [0.3, 0.4) is 0 Å². The van der Waals surface area contributed by atoms with Crippen molar-refractivity contribution in [2.75, 3.05) is 32.8 Å². The second-order valence-corrected chi connectivity index (χ2v) is 11.2. The van der Waals surface area contributed by atoms with Crippen LogP contribution in [0.4, 0.5) is 0 Å². The number of aliphatic hydroxyl groups excluding tert-OH is 1. The zero-order chi connectivity index (χ0) is 22.8. The fraction of sp³-hybridized carbons (Fsp3) is 0.773. The lowest BCUT2D eigenvalue weighted by molar-refractivity contribution is -0.153. The zero-order valence-electron chi connectivity index (χ0n) is 18.3. The number of carbonyl (C=O) groups excluding carboxylic acids is 3. The van der Waals surface area contributed by atoms with Crippen molar-refractivity contribution in [2.45, 2.75) is 60.4 Å². The highest BCUT2D eigenvalue weighted by Gasteiger charge is 2.76. The van der Waals surface area contributed by atoms with Crippen LogP contribution in [0.2, 0.25) is 0 Å². The molecule has 0 aromatic rings. The molecule has 0 radical (unpaired) electrons. The lowest BCUT2D eigenvalue weighted by atomic mass is 9.71. The maximum absolute atomic E-state index is 13.9. The minimum Gasteiger partial charge on any atom is -0.466 e. The molecule has 2 amide bonds. The van der Waals surface area contributed by atoms with Gasteiger partial charge in [-0.15, -0.1) is 18.3 Å². The summed E-state index contributed by atoms with van der Waals surface area (Å²) in [5.41, 5.74) is 0. The van der Waals surface area contributed by atoms with Crippen LogP contribution in [0.5, 0.6) is 0 Å². The molecule has 7 nitrogen and oxygen atoms in total. The molecular weight excluding hydrogens is 484 g/mol. The van der Waals surface area contributed by atoms with Crippen LogP contribution in [-0.2, 0) is 19.1 Å². The Labute approximate surface area is 197 Å². The highest BCUT2D eigenvalue weighted by Crippen LogP contribution is 2.67. The van der Waals surface area contributed by atoms with Crippen molar-refractivity contribution in [3.8, 4) is 0 Å². The van der Waals surface area contributed by atoms with Crippen molar-refractivity contribution >= 4 is 45.5 Å². The summed E-state index contributed by atoms with van der Waals surface area (Å²) in [6.45, 7) is 8.78. The summed E-state index contributed by atoms with van der Waals surface area (Å²) in [7, 11) is 0. The number of unbranched alkanes of at least 4 members (excludes halogenated alkanes) is 2. The average molecular weight is 517 g/mol. The van der Waals surface area contributed by atoms with Crippen molar-refractivity contribution in [1.82, 2.24) is 9.80 Å². The van der Waals surface area contributed by atoms with Crippen molar-refractivity contribution in [2.24, 2.45) is 11.8 Å². The number of alkyl halides is 1. The number of rotatable bonds is 11. The van der Waals surface area contributed by atoms with Gasteiger partial charge in [0.05, 0.1) is 29.8 Å². The van der Waals surface area contributed by atoms with E-state index in [2.05, 4.69) is 29.4 Å². The number of ether oxygens (including phenoxy) is 1. The number of thioether (sulfide) groups is 1. The van der Waals surface area contributed by atoms with Gasteiger partial charge >= 0.3 is 5.97 Å². The lowest BCUT2D eigenvalue weighted by Crippen LogP contribution is -2.55.